The van der Waals surface area contributed by atoms with Gasteiger partial charge >= 0.3 is 0 Å². The van der Waals surface area contributed by atoms with Gasteiger partial charge in [-0.05, 0) is 85.7 Å². The van der Waals surface area contributed by atoms with E-state index in [4.69, 9.17) is 0 Å². The zero-order chi connectivity index (χ0) is 41.8. The maximum Gasteiger partial charge on any atom is 0.0477 e. The lowest BCUT2D eigenvalue weighted by Crippen LogP contribution is -1.87. The molecule has 4 aromatic heterocycles. The van der Waals surface area contributed by atoms with Crippen LogP contribution in [0.3, 0.4) is 0 Å². The van der Waals surface area contributed by atoms with Crippen LogP contribution in [0, 0.1) is 13.8 Å². The van der Waals surface area contributed by atoms with Gasteiger partial charge in [-0.15, -0.1) is 45.3 Å². The van der Waals surface area contributed by atoms with E-state index in [1.165, 1.54) is 253 Å². The van der Waals surface area contributed by atoms with Gasteiger partial charge in [-0.1, -0.05) is 205 Å². The third kappa shape index (κ3) is 14.5. The van der Waals surface area contributed by atoms with Crippen LogP contribution in [0.2, 0.25) is 0 Å². The smallest absolute Gasteiger partial charge is 0.0477 e. The lowest BCUT2D eigenvalue weighted by Gasteiger charge is -2.04. The van der Waals surface area contributed by atoms with Crippen molar-refractivity contribution in [3.63, 3.8) is 0 Å². The molecule has 0 aliphatic rings. The van der Waals surface area contributed by atoms with Gasteiger partial charge in [0.05, 0.1) is 0 Å². The number of aryl methyl sites for hydroxylation is 4. The molecule has 0 amide bonds. The highest BCUT2D eigenvalue weighted by Crippen LogP contribution is 2.46. The lowest BCUT2D eigenvalue weighted by atomic mass is 10.0. The van der Waals surface area contributed by atoms with Crippen molar-refractivity contribution in [2.24, 2.45) is 0 Å². The summed E-state index contributed by atoms with van der Waals surface area (Å²) < 4.78 is 2.91. The van der Waals surface area contributed by atoms with Gasteiger partial charge in [0, 0.05) is 49.4 Å². The number of benzene rings is 2. The van der Waals surface area contributed by atoms with Gasteiger partial charge in [-0.25, -0.2) is 0 Å². The number of unbranched alkanes of at least 4 members (excludes halogenated alkanes) is 26. The SMILES string of the molecule is CCCCCCCCCCCCCCCCc1cc(C)sc1-c1cc2ccc3c(ccc4cc(-c5sc(C)cc5CCCCCCCCCCCCCCCC)sc43)c2s1. The van der Waals surface area contributed by atoms with E-state index in [9.17, 15) is 0 Å². The van der Waals surface area contributed by atoms with Crippen LogP contribution >= 0.6 is 45.3 Å². The van der Waals surface area contributed by atoms with Gasteiger partial charge in [-0.3, -0.25) is 0 Å². The van der Waals surface area contributed by atoms with Crippen LogP contribution in [0.4, 0.5) is 0 Å². The summed E-state index contributed by atoms with van der Waals surface area (Å²) in [6.07, 6.45) is 42.2. The Hall–Kier alpha value is -1.98. The molecule has 0 bridgehead atoms. The number of hydrogen-bond donors (Lipinski definition) is 0. The second-order valence-corrected chi connectivity index (χ2v) is 23.0. The molecular weight excluding hydrogens is 801 g/mol. The first-order valence-corrected chi connectivity index (χ1v) is 28.4. The average Bonchev–Trinajstić information content (AvgIpc) is 4.05. The van der Waals surface area contributed by atoms with Crippen molar-refractivity contribution in [3.8, 4) is 19.5 Å². The summed E-state index contributed by atoms with van der Waals surface area (Å²) in [4.78, 5) is 8.88. The molecule has 6 rings (SSSR count). The Morgan fingerprint density at radius 3 is 0.950 bits per heavy atom. The molecule has 0 aliphatic heterocycles. The van der Waals surface area contributed by atoms with Crippen molar-refractivity contribution < 1.29 is 0 Å². The van der Waals surface area contributed by atoms with Crippen LogP contribution in [-0.4, -0.2) is 0 Å². The molecule has 0 saturated heterocycles. The van der Waals surface area contributed by atoms with Gasteiger partial charge in [0.2, 0.25) is 0 Å². The highest BCUT2D eigenvalue weighted by molar-refractivity contribution is 7.28. The van der Waals surface area contributed by atoms with Crippen molar-refractivity contribution in [2.75, 3.05) is 0 Å². The van der Waals surface area contributed by atoms with E-state index in [0.717, 1.165) is 0 Å². The predicted molar refractivity (Wildman–Crippen MR) is 279 cm³/mol. The van der Waals surface area contributed by atoms with Gasteiger partial charge in [0.1, 0.15) is 0 Å². The van der Waals surface area contributed by atoms with Crippen LogP contribution in [0.25, 0.3) is 50.5 Å². The number of fused-ring (bicyclic) bond motifs is 5. The molecule has 6 aromatic rings. The molecule has 0 unspecified atom stereocenters. The second-order valence-electron chi connectivity index (χ2n) is 18.4. The first-order chi connectivity index (χ1) is 29.6. The number of hydrogen-bond acceptors (Lipinski definition) is 4. The largest absolute Gasteiger partial charge is 0.139 e. The fourth-order valence-corrected chi connectivity index (χ4v) is 14.3. The van der Waals surface area contributed by atoms with Crippen molar-refractivity contribution >= 4 is 76.3 Å². The Morgan fingerprint density at radius 1 is 0.333 bits per heavy atom. The van der Waals surface area contributed by atoms with Crippen molar-refractivity contribution in [1.29, 1.82) is 0 Å². The second kappa shape index (κ2) is 26.6. The molecule has 2 aromatic carbocycles. The fourth-order valence-electron chi connectivity index (χ4n) is 9.57. The van der Waals surface area contributed by atoms with E-state index < -0.39 is 0 Å². The van der Waals surface area contributed by atoms with Crippen LogP contribution in [0.5, 0.6) is 0 Å². The standard InChI is InChI=1S/C56H80S4/c1-5-7-9-11-13-15-17-19-21-23-25-27-29-31-33-45-39-43(3)57-55(45)51-41-47-35-37-50-49(53(47)59-51)38-36-48-42-52(60-54(48)50)56-46(40-44(4)58-56)34-32-30-28-26-24-22-20-18-16-14-12-10-8-6-2/h35-42H,5-34H2,1-4H3. The third-order valence-electron chi connectivity index (χ3n) is 13.1. The minimum absolute atomic E-state index is 1.22. The van der Waals surface area contributed by atoms with Gasteiger partial charge in [0.25, 0.3) is 0 Å². The summed E-state index contributed by atoms with van der Waals surface area (Å²) in [5.74, 6) is 0. The molecule has 0 nitrogen and oxygen atoms in total. The number of thiophene rings is 4. The molecule has 0 aliphatic carbocycles. The minimum atomic E-state index is 1.22. The highest BCUT2D eigenvalue weighted by Gasteiger charge is 2.17. The summed E-state index contributed by atoms with van der Waals surface area (Å²) in [6.45, 7) is 9.22. The third-order valence-corrected chi connectivity index (χ3v) is 18.0. The Bertz CT molecular complexity index is 1950. The molecule has 0 saturated carbocycles. The minimum Gasteiger partial charge on any atom is -0.139 e. The zero-order valence-electron chi connectivity index (χ0n) is 38.5. The van der Waals surface area contributed by atoms with Crippen molar-refractivity contribution in [1.82, 2.24) is 0 Å². The summed E-state index contributed by atoms with van der Waals surface area (Å²) in [5.41, 5.74) is 3.16. The summed E-state index contributed by atoms with van der Waals surface area (Å²) in [7, 11) is 0. The van der Waals surface area contributed by atoms with E-state index in [2.05, 4.69) is 76.2 Å². The van der Waals surface area contributed by atoms with Crippen molar-refractivity contribution in [3.05, 3.63) is 69.4 Å². The Balaban J connectivity index is 0.982. The first kappa shape index (κ1) is 47.5. The zero-order valence-corrected chi connectivity index (χ0v) is 41.7. The van der Waals surface area contributed by atoms with E-state index in [1.807, 2.05) is 45.3 Å². The predicted octanol–water partition coefficient (Wildman–Crippen LogP) is 21.4. The molecule has 4 heterocycles. The molecule has 0 spiro atoms. The normalized spacial score (nSPS) is 12.0. The topological polar surface area (TPSA) is 0 Å². The van der Waals surface area contributed by atoms with Crippen LogP contribution < -0.4 is 0 Å². The van der Waals surface area contributed by atoms with E-state index in [0.29, 0.717) is 0 Å². The summed E-state index contributed by atoms with van der Waals surface area (Å²) in [6, 6.07) is 19.6. The van der Waals surface area contributed by atoms with E-state index >= 15 is 0 Å². The van der Waals surface area contributed by atoms with Crippen LogP contribution in [0.1, 0.15) is 215 Å². The summed E-state index contributed by atoms with van der Waals surface area (Å²) in [5, 5.41) is 5.65. The highest BCUT2D eigenvalue weighted by atomic mass is 32.1. The molecule has 328 valence electrons. The van der Waals surface area contributed by atoms with Gasteiger partial charge in [-0.2, -0.15) is 0 Å². The van der Waals surface area contributed by atoms with E-state index in [-0.39, 0.29) is 0 Å². The fraction of sp³-hybridized carbons (Fsp3) is 0.607. The maximum atomic E-state index is 2.49. The molecule has 4 heteroatoms. The monoisotopic (exact) mass is 881 g/mol. The van der Waals surface area contributed by atoms with Crippen LogP contribution in [-0.2, 0) is 12.8 Å². The Labute approximate surface area is 383 Å². The number of rotatable bonds is 32. The quantitative estimate of drug-likeness (QED) is 0.0370. The average molecular weight is 882 g/mol. The Morgan fingerprint density at radius 2 is 0.633 bits per heavy atom. The van der Waals surface area contributed by atoms with Gasteiger partial charge < -0.3 is 0 Å². The van der Waals surface area contributed by atoms with E-state index in [1.54, 1.807) is 11.1 Å². The molecular formula is C56H80S4. The Kier molecular flexibility index (Phi) is 21.1. The maximum absolute atomic E-state index is 2.49. The molecule has 0 fully saturated rings. The summed E-state index contributed by atoms with van der Waals surface area (Å²) >= 11 is 8.08. The lowest BCUT2D eigenvalue weighted by molar-refractivity contribution is 0.535. The van der Waals surface area contributed by atoms with Crippen molar-refractivity contribution in [2.45, 2.75) is 220 Å². The van der Waals surface area contributed by atoms with Crippen LogP contribution in [0.15, 0.2) is 48.5 Å². The molecule has 0 atom stereocenters. The first-order valence-electron chi connectivity index (χ1n) is 25.1. The molecule has 0 N–H and O–H groups in total. The van der Waals surface area contributed by atoms with Gasteiger partial charge in [0.15, 0.2) is 0 Å². The molecule has 60 heavy (non-hydrogen) atoms. The molecule has 0 radical (unpaired) electrons.